The first-order valence-electron chi connectivity index (χ1n) is 8.68. The lowest BCUT2D eigenvalue weighted by molar-refractivity contribution is -0.130. The van der Waals surface area contributed by atoms with Crippen LogP contribution in [0.5, 0.6) is 11.5 Å². The van der Waals surface area contributed by atoms with Gasteiger partial charge in [0.25, 0.3) is 0 Å². The van der Waals surface area contributed by atoms with Crippen molar-refractivity contribution in [2.45, 2.75) is 13.8 Å². The fourth-order valence-corrected chi connectivity index (χ4v) is 2.42. The third-order valence-electron chi connectivity index (χ3n) is 3.96. The molecule has 0 bridgehead atoms. The number of rotatable bonds is 5. The summed E-state index contributed by atoms with van der Waals surface area (Å²) in [7, 11) is 0. The Labute approximate surface area is 166 Å². The van der Waals surface area contributed by atoms with Crippen LogP contribution in [0.1, 0.15) is 13.8 Å². The summed E-state index contributed by atoms with van der Waals surface area (Å²) in [6, 6.07) is 12.4. The van der Waals surface area contributed by atoms with Crippen LogP contribution < -0.4 is 14.9 Å². The Bertz CT molecular complexity index is 1200. The fourth-order valence-electron chi connectivity index (χ4n) is 2.42. The van der Waals surface area contributed by atoms with E-state index in [1.54, 1.807) is 37.3 Å². The summed E-state index contributed by atoms with van der Waals surface area (Å²) in [6.45, 7) is 10.1. The third kappa shape index (κ3) is 4.50. The van der Waals surface area contributed by atoms with Crippen LogP contribution in [0, 0.1) is 0 Å². The highest BCUT2D eigenvalue weighted by Crippen LogP contribution is 2.26. The van der Waals surface area contributed by atoms with Gasteiger partial charge in [0.05, 0.1) is 5.39 Å². The Hall–Kier alpha value is -3.93. The molecule has 6 heteroatoms. The molecule has 146 valence electrons. The summed E-state index contributed by atoms with van der Waals surface area (Å²) in [5.41, 5.74) is 1.25. The van der Waals surface area contributed by atoms with Gasteiger partial charge >= 0.3 is 11.9 Å². The maximum absolute atomic E-state index is 12.5. The standard InChI is InChI=1S/C23H18O6/c1-13(2)22(25)27-16-7-5-15(6-8-16)21-12-19(24)18-11-17(9-10-20(18)29-21)28-23(26)14(3)4/h5-12H,1,3H2,2,4H3. The van der Waals surface area contributed by atoms with E-state index >= 15 is 0 Å². The van der Waals surface area contributed by atoms with E-state index in [1.807, 2.05) is 0 Å². The lowest BCUT2D eigenvalue weighted by atomic mass is 10.1. The average Bonchev–Trinajstić information content (AvgIpc) is 2.68. The van der Waals surface area contributed by atoms with Crippen molar-refractivity contribution in [2.75, 3.05) is 0 Å². The van der Waals surface area contributed by atoms with Crippen LogP contribution in [0.25, 0.3) is 22.3 Å². The van der Waals surface area contributed by atoms with Crippen molar-refractivity contribution in [2.24, 2.45) is 0 Å². The molecule has 0 spiro atoms. The van der Waals surface area contributed by atoms with E-state index in [1.165, 1.54) is 25.1 Å². The normalized spacial score (nSPS) is 10.4. The summed E-state index contributed by atoms with van der Waals surface area (Å²) in [5, 5.41) is 0.285. The van der Waals surface area contributed by atoms with Crippen LogP contribution in [-0.4, -0.2) is 11.9 Å². The van der Waals surface area contributed by atoms with E-state index in [-0.39, 0.29) is 22.1 Å². The number of ether oxygens (including phenoxy) is 2. The van der Waals surface area contributed by atoms with E-state index in [2.05, 4.69) is 13.2 Å². The Morgan fingerprint density at radius 3 is 1.97 bits per heavy atom. The quantitative estimate of drug-likeness (QED) is 0.364. The third-order valence-corrected chi connectivity index (χ3v) is 3.96. The second-order valence-corrected chi connectivity index (χ2v) is 6.50. The number of benzene rings is 2. The first-order chi connectivity index (χ1) is 13.7. The molecule has 29 heavy (non-hydrogen) atoms. The molecule has 0 saturated carbocycles. The van der Waals surface area contributed by atoms with Gasteiger partial charge in [-0.1, -0.05) is 13.2 Å². The lowest BCUT2D eigenvalue weighted by Crippen LogP contribution is -2.09. The molecule has 1 aromatic heterocycles. The summed E-state index contributed by atoms with van der Waals surface area (Å²) in [5.74, 6) is -0.147. The van der Waals surface area contributed by atoms with Gasteiger partial charge in [-0.25, -0.2) is 9.59 Å². The van der Waals surface area contributed by atoms with E-state index < -0.39 is 11.9 Å². The van der Waals surface area contributed by atoms with Crippen molar-refractivity contribution in [1.29, 1.82) is 0 Å². The molecule has 0 aliphatic heterocycles. The van der Waals surface area contributed by atoms with Gasteiger partial charge in [-0.05, 0) is 56.3 Å². The zero-order valence-corrected chi connectivity index (χ0v) is 16.0. The predicted molar refractivity (Wildman–Crippen MR) is 109 cm³/mol. The molecule has 0 N–H and O–H groups in total. The van der Waals surface area contributed by atoms with Gasteiger partial charge in [0.2, 0.25) is 0 Å². The largest absolute Gasteiger partial charge is 0.456 e. The minimum absolute atomic E-state index is 0.231. The molecule has 0 aliphatic rings. The zero-order valence-electron chi connectivity index (χ0n) is 16.0. The number of fused-ring (bicyclic) bond motifs is 1. The van der Waals surface area contributed by atoms with Crippen LogP contribution in [-0.2, 0) is 9.59 Å². The van der Waals surface area contributed by atoms with Crippen LogP contribution in [0.15, 0.2) is 82.0 Å². The molecule has 6 nitrogen and oxygen atoms in total. The Morgan fingerprint density at radius 2 is 1.38 bits per heavy atom. The maximum Gasteiger partial charge on any atom is 0.338 e. The lowest BCUT2D eigenvalue weighted by Gasteiger charge is -2.07. The van der Waals surface area contributed by atoms with Crippen molar-refractivity contribution in [3.8, 4) is 22.8 Å². The molecule has 0 amide bonds. The first kappa shape index (κ1) is 19.8. The van der Waals surface area contributed by atoms with E-state index in [9.17, 15) is 14.4 Å². The molecule has 0 aliphatic carbocycles. The summed E-state index contributed by atoms with van der Waals surface area (Å²) < 4.78 is 16.1. The first-order valence-corrected chi connectivity index (χ1v) is 8.68. The fraction of sp³-hybridized carbons (Fsp3) is 0.0870. The smallest absolute Gasteiger partial charge is 0.338 e. The maximum atomic E-state index is 12.5. The number of esters is 2. The summed E-state index contributed by atoms with van der Waals surface area (Å²) >= 11 is 0. The van der Waals surface area contributed by atoms with E-state index in [0.717, 1.165) is 0 Å². The summed E-state index contributed by atoms with van der Waals surface area (Å²) in [4.78, 5) is 35.8. The van der Waals surface area contributed by atoms with Crippen molar-refractivity contribution >= 4 is 22.9 Å². The van der Waals surface area contributed by atoms with Gasteiger partial charge in [0.15, 0.2) is 5.43 Å². The summed E-state index contributed by atoms with van der Waals surface area (Å²) in [6.07, 6.45) is 0. The molecule has 0 atom stereocenters. The highest BCUT2D eigenvalue weighted by Gasteiger charge is 2.11. The van der Waals surface area contributed by atoms with Crippen molar-refractivity contribution < 1.29 is 23.5 Å². The minimum atomic E-state index is -0.571. The van der Waals surface area contributed by atoms with Crippen LogP contribution >= 0.6 is 0 Å². The molecule has 3 aromatic rings. The zero-order chi connectivity index (χ0) is 21.1. The molecule has 2 aromatic carbocycles. The van der Waals surface area contributed by atoms with Crippen molar-refractivity contribution in [3.05, 3.63) is 83.1 Å². The highest BCUT2D eigenvalue weighted by molar-refractivity contribution is 5.90. The molecule has 0 fully saturated rings. The number of hydrogen-bond acceptors (Lipinski definition) is 6. The van der Waals surface area contributed by atoms with Gasteiger partial charge in [0.1, 0.15) is 22.8 Å². The molecular formula is C23H18O6. The van der Waals surface area contributed by atoms with Gasteiger partial charge in [0, 0.05) is 22.8 Å². The molecule has 0 saturated heterocycles. The Balaban J connectivity index is 1.90. The topological polar surface area (TPSA) is 82.8 Å². The average molecular weight is 390 g/mol. The Morgan fingerprint density at radius 1 is 0.828 bits per heavy atom. The highest BCUT2D eigenvalue weighted by atomic mass is 16.5. The number of carbonyl (C=O) groups is 2. The molecule has 0 radical (unpaired) electrons. The second-order valence-electron chi connectivity index (χ2n) is 6.50. The number of hydrogen-bond donors (Lipinski definition) is 0. The van der Waals surface area contributed by atoms with Crippen molar-refractivity contribution in [3.63, 3.8) is 0 Å². The molecular weight excluding hydrogens is 372 g/mol. The van der Waals surface area contributed by atoms with Crippen molar-refractivity contribution in [1.82, 2.24) is 0 Å². The van der Waals surface area contributed by atoms with Gasteiger partial charge < -0.3 is 13.9 Å². The monoisotopic (exact) mass is 390 g/mol. The molecule has 0 unspecified atom stereocenters. The van der Waals surface area contributed by atoms with Gasteiger partial charge in [-0.3, -0.25) is 4.79 Å². The molecule has 3 rings (SSSR count). The predicted octanol–water partition coefficient (Wildman–Crippen LogP) is 4.42. The van der Waals surface area contributed by atoms with Gasteiger partial charge in [-0.15, -0.1) is 0 Å². The van der Waals surface area contributed by atoms with Crippen LogP contribution in [0.4, 0.5) is 0 Å². The Kier molecular flexibility index (Phi) is 5.45. The van der Waals surface area contributed by atoms with E-state index in [0.29, 0.717) is 28.2 Å². The second kappa shape index (κ2) is 7.98. The van der Waals surface area contributed by atoms with Gasteiger partial charge in [-0.2, -0.15) is 0 Å². The number of carbonyl (C=O) groups excluding carboxylic acids is 2. The minimum Gasteiger partial charge on any atom is -0.456 e. The molecule has 1 heterocycles. The van der Waals surface area contributed by atoms with E-state index in [4.69, 9.17) is 13.9 Å². The SMILES string of the molecule is C=C(C)C(=O)Oc1ccc(-c2cc(=O)c3cc(OC(=O)C(=C)C)ccc3o2)cc1. The van der Waals surface area contributed by atoms with Crippen LogP contribution in [0.2, 0.25) is 0 Å². The van der Waals surface area contributed by atoms with Crippen LogP contribution in [0.3, 0.4) is 0 Å².